The molecule has 3 nitrogen and oxygen atoms in total. The Hall–Kier alpha value is -0.570. The summed E-state index contributed by atoms with van der Waals surface area (Å²) in [5, 5.41) is 8.48. The molecule has 1 saturated heterocycles. The normalized spacial score (nSPS) is 31.7. The van der Waals surface area contributed by atoms with E-state index in [9.17, 15) is 4.79 Å². The summed E-state index contributed by atoms with van der Waals surface area (Å²) in [6.45, 7) is 2.64. The molecule has 0 amide bonds. The Morgan fingerprint density at radius 3 is 2.82 bits per heavy atom. The Balaban J connectivity index is 2.22. The molecule has 0 spiro atoms. The van der Waals surface area contributed by atoms with Gasteiger partial charge in [-0.3, -0.25) is 4.79 Å². The van der Waals surface area contributed by atoms with E-state index in [4.69, 9.17) is 9.84 Å². The molecule has 1 aliphatic heterocycles. The molecule has 2 atom stereocenters. The second-order valence-electron chi connectivity index (χ2n) is 3.19. The van der Waals surface area contributed by atoms with E-state index in [-0.39, 0.29) is 12.3 Å². The van der Waals surface area contributed by atoms with E-state index in [1.165, 1.54) is 0 Å². The fourth-order valence-corrected chi connectivity index (χ4v) is 1.35. The molecule has 0 aromatic carbocycles. The molecule has 1 rings (SSSR count). The highest BCUT2D eigenvalue weighted by atomic mass is 16.5. The first kappa shape index (κ1) is 8.53. The molecule has 3 heteroatoms. The number of carboxylic acids is 1. The van der Waals surface area contributed by atoms with Crippen LogP contribution in [-0.4, -0.2) is 23.8 Å². The van der Waals surface area contributed by atoms with Crippen LogP contribution in [0.2, 0.25) is 0 Å². The van der Waals surface area contributed by atoms with Gasteiger partial charge in [0.25, 0.3) is 0 Å². The summed E-state index contributed by atoms with van der Waals surface area (Å²) in [7, 11) is 0. The van der Waals surface area contributed by atoms with Crippen LogP contribution in [0.5, 0.6) is 0 Å². The molecule has 1 N–H and O–H groups in total. The standard InChI is InChI=1S/C8H14O3/c1-6-2-3-7(5-11-6)4-8(9)10/h6-7H,2-5H2,1H3,(H,9,10). The molecule has 0 aromatic heterocycles. The minimum Gasteiger partial charge on any atom is -0.481 e. The van der Waals surface area contributed by atoms with Crippen molar-refractivity contribution in [1.29, 1.82) is 0 Å². The van der Waals surface area contributed by atoms with Crippen LogP contribution in [0, 0.1) is 5.92 Å². The number of aliphatic carboxylic acids is 1. The Kier molecular flexibility index (Phi) is 2.88. The average molecular weight is 158 g/mol. The zero-order chi connectivity index (χ0) is 8.27. The highest BCUT2D eigenvalue weighted by molar-refractivity contribution is 5.67. The molecule has 0 radical (unpaired) electrons. The van der Waals surface area contributed by atoms with Crippen molar-refractivity contribution in [2.75, 3.05) is 6.61 Å². The van der Waals surface area contributed by atoms with Crippen LogP contribution < -0.4 is 0 Å². The second-order valence-corrected chi connectivity index (χ2v) is 3.19. The van der Waals surface area contributed by atoms with E-state index >= 15 is 0 Å². The van der Waals surface area contributed by atoms with Crippen molar-refractivity contribution < 1.29 is 14.6 Å². The number of ether oxygens (including phenoxy) is 1. The lowest BCUT2D eigenvalue weighted by atomic mass is 9.96. The Morgan fingerprint density at radius 2 is 2.36 bits per heavy atom. The summed E-state index contributed by atoms with van der Waals surface area (Å²) in [4.78, 5) is 10.3. The van der Waals surface area contributed by atoms with Crippen LogP contribution in [-0.2, 0) is 9.53 Å². The van der Waals surface area contributed by atoms with Gasteiger partial charge in [0.15, 0.2) is 0 Å². The third kappa shape index (κ3) is 2.89. The first-order valence-corrected chi connectivity index (χ1v) is 4.02. The molecule has 0 aliphatic carbocycles. The number of hydrogen-bond acceptors (Lipinski definition) is 2. The highest BCUT2D eigenvalue weighted by Crippen LogP contribution is 2.20. The summed E-state index contributed by atoms with van der Waals surface area (Å²) in [6.07, 6.45) is 2.57. The zero-order valence-corrected chi connectivity index (χ0v) is 6.75. The van der Waals surface area contributed by atoms with Gasteiger partial charge in [-0.1, -0.05) is 0 Å². The SMILES string of the molecule is CC1CCC(CC(=O)O)CO1. The fraction of sp³-hybridized carbons (Fsp3) is 0.875. The Labute approximate surface area is 66.4 Å². The van der Waals surface area contributed by atoms with Gasteiger partial charge in [-0.05, 0) is 25.7 Å². The van der Waals surface area contributed by atoms with Crippen LogP contribution in [0.25, 0.3) is 0 Å². The molecule has 64 valence electrons. The topological polar surface area (TPSA) is 46.5 Å². The smallest absolute Gasteiger partial charge is 0.303 e. The Morgan fingerprint density at radius 1 is 1.64 bits per heavy atom. The third-order valence-electron chi connectivity index (χ3n) is 2.06. The van der Waals surface area contributed by atoms with Crippen molar-refractivity contribution in [1.82, 2.24) is 0 Å². The molecule has 0 saturated carbocycles. The van der Waals surface area contributed by atoms with Gasteiger partial charge in [-0.2, -0.15) is 0 Å². The predicted octanol–water partition coefficient (Wildman–Crippen LogP) is 1.28. The van der Waals surface area contributed by atoms with Gasteiger partial charge in [0.1, 0.15) is 0 Å². The van der Waals surface area contributed by atoms with Gasteiger partial charge in [-0.25, -0.2) is 0 Å². The van der Waals surface area contributed by atoms with Crippen LogP contribution in [0.1, 0.15) is 26.2 Å². The second kappa shape index (κ2) is 3.72. The quantitative estimate of drug-likeness (QED) is 0.658. The van der Waals surface area contributed by atoms with Gasteiger partial charge >= 0.3 is 5.97 Å². The fourth-order valence-electron chi connectivity index (χ4n) is 1.35. The van der Waals surface area contributed by atoms with E-state index in [1.54, 1.807) is 0 Å². The van der Waals surface area contributed by atoms with E-state index in [0.717, 1.165) is 12.8 Å². The van der Waals surface area contributed by atoms with Gasteiger partial charge in [0, 0.05) is 0 Å². The van der Waals surface area contributed by atoms with Crippen molar-refractivity contribution in [3.8, 4) is 0 Å². The lowest BCUT2D eigenvalue weighted by Gasteiger charge is -2.25. The lowest BCUT2D eigenvalue weighted by molar-refractivity contribution is -0.139. The van der Waals surface area contributed by atoms with Crippen molar-refractivity contribution in [3.63, 3.8) is 0 Å². The van der Waals surface area contributed by atoms with E-state index in [0.29, 0.717) is 12.7 Å². The lowest BCUT2D eigenvalue weighted by Crippen LogP contribution is -2.25. The molecule has 1 fully saturated rings. The molecule has 0 aromatic rings. The van der Waals surface area contributed by atoms with Gasteiger partial charge in [0.2, 0.25) is 0 Å². The van der Waals surface area contributed by atoms with Crippen LogP contribution >= 0.6 is 0 Å². The summed E-state index contributed by atoms with van der Waals surface area (Å²) in [6, 6.07) is 0. The number of carbonyl (C=O) groups is 1. The minimum atomic E-state index is -0.715. The summed E-state index contributed by atoms with van der Waals surface area (Å²) in [5.41, 5.74) is 0. The molecule has 1 heterocycles. The Bertz CT molecular complexity index is 136. The molecule has 1 aliphatic rings. The molecule has 0 bridgehead atoms. The maximum Gasteiger partial charge on any atom is 0.303 e. The first-order valence-electron chi connectivity index (χ1n) is 4.02. The van der Waals surface area contributed by atoms with Crippen LogP contribution in [0.3, 0.4) is 0 Å². The maximum atomic E-state index is 10.3. The van der Waals surface area contributed by atoms with Crippen molar-refractivity contribution in [2.45, 2.75) is 32.3 Å². The van der Waals surface area contributed by atoms with Crippen molar-refractivity contribution in [2.24, 2.45) is 5.92 Å². The first-order chi connectivity index (χ1) is 5.18. The number of hydrogen-bond donors (Lipinski definition) is 1. The average Bonchev–Trinajstić information content (AvgIpc) is 1.93. The number of rotatable bonds is 2. The zero-order valence-electron chi connectivity index (χ0n) is 6.75. The molecule has 2 unspecified atom stereocenters. The van der Waals surface area contributed by atoms with Crippen molar-refractivity contribution in [3.05, 3.63) is 0 Å². The highest BCUT2D eigenvalue weighted by Gasteiger charge is 2.20. The predicted molar refractivity (Wildman–Crippen MR) is 40.4 cm³/mol. The summed E-state index contributed by atoms with van der Waals surface area (Å²) in [5.74, 6) is -0.475. The van der Waals surface area contributed by atoms with Gasteiger partial charge < -0.3 is 9.84 Å². The maximum absolute atomic E-state index is 10.3. The minimum absolute atomic E-state index is 0.240. The monoisotopic (exact) mass is 158 g/mol. The summed E-state index contributed by atoms with van der Waals surface area (Å²) >= 11 is 0. The molecular weight excluding hydrogens is 144 g/mol. The van der Waals surface area contributed by atoms with Crippen molar-refractivity contribution >= 4 is 5.97 Å². The van der Waals surface area contributed by atoms with E-state index < -0.39 is 5.97 Å². The van der Waals surface area contributed by atoms with Crippen LogP contribution in [0.15, 0.2) is 0 Å². The molecule has 11 heavy (non-hydrogen) atoms. The van der Waals surface area contributed by atoms with Gasteiger partial charge in [0.05, 0.1) is 19.1 Å². The van der Waals surface area contributed by atoms with E-state index in [1.807, 2.05) is 6.92 Å². The largest absolute Gasteiger partial charge is 0.481 e. The molecular formula is C8H14O3. The van der Waals surface area contributed by atoms with Crippen LogP contribution in [0.4, 0.5) is 0 Å². The van der Waals surface area contributed by atoms with Gasteiger partial charge in [-0.15, -0.1) is 0 Å². The van der Waals surface area contributed by atoms with E-state index in [2.05, 4.69) is 0 Å². The third-order valence-corrected chi connectivity index (χ3v) is 2.06. The summed E-state index contributed by atoms with van der Waals surface area (Å²) < 4.78 is 5.33. The number of carboxylic acid groups (broad SMARTS) is 1.